The summed E-state index contributed by atoms with van der Waals surface area (Å²) in [6, 6.07) is 28.3. The van der Waals surface area contributed by atoms with E-state index in [2.05, 4.69) is 10.1 Å². The molecule has 0 bridgehead atoms. The largest absolute Gasteiger partial charge is 0.447 e. The van der Waals surface area contributed by atoms with Crippen LogP contribution in [0.25, 0.3) is 16.7 Å². The minimum Gasteiger partial charge on any atom is -0.447 e. The molecule has 0 saturated heterocycles. The minimum absolute atomic E-state index is 0.417. The van der Waals surface area contributed by atoms with Crippen molar-refractivity contribution in [2.45, 2.75) is 13.0 Å². The van der Waals surface area contributed by atoms with E-state index in [1.54, 1.807) is 23.0 Å². The number of aromatic nitrogens is 4. The van der Waals surface area contributed by atoms with Crippen LogP contribution in [-0.2, 0) is 4.74 Å². The Bertz CT molecular complexity index is 1370. The van der Waals surface area contributed by atoms with Gasteiger partial charge >= 0.3 is 5.97 Å². The van der Waals surface area contributed by atoms with Crippen LogP contribution >= 0.6 is 0 Å². The maximum atomic E-state index is 13.0. The molecule has 3 aromatic carbocycles. The second-order valence-corrected chi connectivity index (χ2v) is 7.35. The predicted octanol–water partition coefficient (Wildman–Crippen LogP) is 5.07. The Labute approximate surface area is 185 Å². The summed E-state index contributed by atoms with van der Waals surface area (Å²) >= 11 is 0. The van der Waals surface area contributed by atoms with Crippen LogP contribution in [0.2, 0.25) is 0 Å². The summed E-state index contributed by atoms with van der Waals surface area (Å²) in [5.74, 6) is 0.154. The molecular formula is C26H20N4O2. The molecule has 32 heavy (non-hydrogen) atoms. The molecule has 0 radical (unpaired) electrons. The molecule has 2 heterocycles. The van der Waals surface area contributed by atoms with Crippen molar-refractivity contribution in [3.63, 3.8) is 0 Å². The van der Waals surface area contributed by atoms with Crippen molar-refractivity contribution < 1.29 is 9.53 Å². The number of rotatable bonds is 5. The Kier molecular flexibility index (Phi) is 5.17. The van der Waals surface area contributed by atoms with Gasteiger partial charge in [-0.25, -0.2) is 19.4 Å². The first kappa shape index (κ1) is 19.6. The lowest BCUT2D eigenvalue weighted by molar-refractivity contribution is 0.0373. The molecule has 1 unspecified atom stereocenters. The molecule has 0 aliphatic rings. The molecule has 0 N–H and O–H groups in total. The molecule has 5 rings (SSSR count). The Morgan fingerprint density at radius 1 is 0.844 bits per heavy atom. The number of hydrogen-bond acceptors (Lipinski definition) is 5. The smallest absolute Gasteiger partial charge is 0.339 e. The Hall–Kier alpha value is -4.32. The standard InChI is InChI=1S/C26H20N4O2/c1-18-28-23(22-17-27-30(25(22)29-18)21-15-9-4-10-16-21)24(19-11-5-2-6-12-19)32-26(31)20-13-7-3-8-14-20/h2-17,24H,1H3. The van der Waals surface area contributed by atoms with Crippen LogP contribution < -0.4 is 0 Å². The van der Waals surface area contributed by atoms with Gasteiger partial charge in [-0.2, -0.15) is 5.10 Å². The van der Waals surface area contributed by atoms with Crippen LogP contribution in [-0.4, -0.2) is 25.7 Å². The molecule has 5 aromatic rings. The molecule has 156 valence electrons. The van der Waals surface area contributed by atoms with Crippen molar-refractivity contribution in [2.75, 3.05) is 0 Å². The van der Waals surface area contributed by atoms with E-state index in [9.17, 15) is 4.79 Å². The third-order valence-electron chi connectivity index (χ3n) is 5.16. The summed E-state index contributed by atoms with van der Waals surface area (Å²) in [5, 5.41) is 5.29. The maximum Gasteiger partial charge on any atom is 0.339 e. The fourth-order valence-electron chi connectivity index (χ4n) is 3.66. The number of hydrogen-bond donors (Lipinski definition) is 0. The Morgan fingerprint density at radius 3 is 2.16 bits per heavy atom. The van der Waals surface area contributed by atoms with Gasteiger partial charge in [0.1, 0.15) is 11.5 Å². The van der Waals surface area contributed by atoms with Crippen LogP contribution in [0.1, 0.15) is 33.5 Å². The first-order valence-electron chi connectivity index (χ1n) is 10.3. The fraction of sp³-hybridized carbons (Fsp3) is 0.0769. The zero-order valence-electron chi connectivity index (χ0n) is 17.4. The summed E-state index contributed by atoms with van der Waals surface area (Å²) in [4.78, 5) is 22.3. The maximum absolute atomic E-state index is 13.0. The lowest BCUT2D eigenvalue weighted by Crippen LogP contribution is -2.15. The van der Waals surface area contributed by atoms with Gasteiger partial charge in [0.05, 0.1) is 22.8 Å². The van der Waals surface area contributed by atoms with Crippen molar-refractivity contribution in [2.24, 2.45) is 0 Å². The quantitative estimate of drug-likeness (QED) is 0.371. The molecule has 0 spiro atoms. The average molecular weight is 420 g/mol. The number of para-hydroxylation sites is 1. The van der Waals surface area contributed by atoms with Crippen molar-refractivity contribution in [1.82, 2.24) is 19.7 Å². The van der Waals surface area contributed by atoms with Crippen LogP contribution in [0, 0.1) is 6.92 Å². The van der Waals surface area contributed by atoms with Crippen molar-refractivity contribution in [1.29, 1.82) is 0 Å². The molecule has 1 atom stereocenters. The predicted molar refractivity (Wildman–Crippen MR) is 122 cm³/mol. The Balaban J connectivity index is 1.65. The van der Waals surface area contributed by atoms with Crippen molar-refractivity contribution in [3.05, 3.63) is 120 Å². The molecular weight excluding hydrogens is 400 g/mol. The SMILES string of the molecule is Cc1nc(C(OC(=O)c2ccccc2)c2ccccc2)c2cnn(-c3ccccc3)c2n1. The van der Waals surface area contributed by atoms with E-state index in [1.807, 2.05) is 85.8 Å². The number of ether oxygens (including phenoxy) is 1. The molecule has 0 fully saturated rings. The number of fused-ring (bicyclic) bond motifs is 1. The van der Waals surface area contributed by atoms with Crippen molar-refractivity contribution in [3.8, 4) is 5.69 Å². The second kappa shape index (κ2) is 8.43. The van der Waals surface area contributed by atoms with Crippen LogP contribution in [0.15, 0.2) is 97.2 Å². The zero-order chi connectivity index (χ0) is 21.9. The summed E-state index contributed by atoms with van der Waals surface area (Å²) in [5.41, 5.74) is 3.46. The van der Waals surface area contributed by atoms with Gasteiger partial charge in [0.25, 0.3) is 0 Å². The molecule has 0 aliphatic heterocycles. The van der Waals surface area contributed by atoms with E-state index >= 15 is 0 Å². The number of esters is 1. The van der Waals surface area contributed by atoms with Crippen LogP contribution in [0.4, 0.5) is 0 Å². The topological polar surface area (TPSA) is 69.9 Å². The van der Waals surface area contributed by atoms with Gasteiger partial charge in [-0.3, -0.25) is 0 Å². The summed E-state index contributed by atoms with van der Waals surface area (Å²) in [6.07, 6.45) is 1.02. The second-order valence-electron chi connectivity index (χ2n) is 7.35. The number of benzene rings is 3. The molecule has 0 aliphatic carbocycles. The summed E-state index contributed by atoms with van der Waals surface area (Å²) < 4.78 is 7.79. The number of nitrogens with zero attached hydrogens (tertiary/aromatic N) is 4. The van der Waals surface area contributed by atoms with Gasteiger partial charge < -0.3 is 4.74 Å². The van der Waals surface area contributed by atoms with E-state index in [-0.39, 0.29) is 0 Å². The van der Waals surface area contributed by atoms with E-state index in [0.717, 1.165) is 16.6 Å². The number of carbonyl (C=O) groups excluding carboxylic acids is 1. The van der Waals surface area contributed by atoms with Gasteiger partial charge in [-0.15, -0.1) is 0 Å². The van der Waals surface area contributed by atoms with Crippen LogP contribution in [0.5, 0.6) is 0 Å². The summed E-state index contributed by atoms with van der Waals surface area (Å²) in [6.45, 7) is 1.83. The van der Waals surface area contributed by atoms with Crippen molar-refractivity contribution >= 4 is 17.0 Å². The molecule has 0 saturated carbocycles. The highest BCUT2D eigenvalue weighted by Crippen LogP contribution is 2.31. The van der Waals surface area contributed by atoms with Gasteiger partial charge in [0.15, 0.2) is 11.8 Å². The first-order valence-corrected chi connectivity index (χ1v) is 10.3. The highest BCUT2D eigenvalue weighted by molar-refractivity contribution is 5.90. The highest BCUT2D eigenvalue weighted by atomic mass is 16.5. The lowest BCUT2D eigenvalue weighted by Gasteiger charge is -2.19. The lowest BCUT2D eigenvalue weighted by atomic mass is 10.0. The van der Waals surface area contributed by atoms with E-state index < -0.39 is 12.1 Å². The average Bonchev–Trinajstić information content (AvgIpc) is 3.27. The van der Waals surface area contributed by atoms with Gasteiger partial charge in [-0.05, 0) is 36.8 Å². The first-order chi connectivity index (χ1) is 15.7. The highest BCUT2D eigenvalue weighted by Gasteiger charge is 2.26. The van der Waals surface area contributed by atoms with Gasteiger partial charge in [-0.1, -0.05) is 66.7 Å². The molecule has 0 amide bonds. The van der Waals surface area contributed by atoms with Gasteiger partial charge in [0.2, 0.25) is 0 Å². The third-order valence-corrected chi connectivity index (χ3v) is 5.16. The molecule has 6 heteroatoms. The van der Waals surface area contributed by atoms with E-state index in [0.29, 0.717) is 22.7 Å². The third kappa shape index (κ3) is 3.74. The van der Waals surface area contributed by atoms with E-state index in [1.165, 1.54) is 0 Å². The fourth-order valence-corrected chi connectivity index (χ4v) is 3.66. The monoisotopic (exact) mass is 420 g/mol. The van der Waals surface area contributed by atoms with E-state index in [4.69, 9.17) is 9.72 Å². The molecule has 6 nitrogen and oxygen atoms in total. The number of carbonyl (C=O) groups is 1. The summed E-state index contributed by atoms with van der Waals surface area (Å²) in [7, 11) is 0. The number of aryl methyl sites for hydroxylation is 1. The zero-order valence-corrected chi connectivity index (χ0v) is 17.4. The Morgan fingerprint density at radius 2 is 1.47 bits per heavy atom. The van der Waals surface area contributed by atoms with Gasteiger partial charge in [0, 0.05) is 0 Å². The normalized spacial score (nSPS) is 11.9. The molecule has 2 aromatic heterocycles. The van der Waals surface area contributed by atoms with Crippen LogP contribution in [0.3, 0.4) is 0 Å². The minimum atomic E-state index is -0.707.